The maximum absolute atomic E-state index is 7.92. The summed E-state index contributed by atoms with van der Waals surface area (Å²) < 4.78 is 6.60. The monoisotopic (exact) mass is 378 g/mol. The molecule has 2 nitrogen and oxygen atoms in total. The maximum atomic E-state index is 7.92. The quantitative estimate of drug-likeness (QED) is 0.473. The molecule has 142 valence electrons. The third-order valence-electron chi connectivity index (χ3n) is 4.24. The Labute approximate surface area is 165 Å². The first kappa shape index (κ1) is 22.7. The summed E-state index contributed by atoms with van der Waals surface area (Å²) in [7, 11) is -2.38. The highest BCUT2D eigenvalue weighted by Crippen LogP contribution is 2.36. The van der Waals surface area contributed by atoms with E-state index in [1.54, 1.807) is 0 Å². The largest absolute Gasteiger partial charge is 0.406 e. The molecule has 0 radical (unpaired) electrons. The van der Waals surface area contributed by atoms with Gasteiger partial charge in [-0.05, 0) is 15.4 Å². The van der Waals surface area contributed by atoms with Gasteiger partial charge in [-0.3, -0.25) is 0 Å². The first-order valence-corrected chi connectivity index (χ1v) is 11.1. The molecular weight excluding hydrogens is 348 g/mol. The highest BCUT2D eigenvalue weighted by molar-refractivity contribution is 6.99. The predicted octanol–water partition coefficient (Wildman–Crippen LogP) is 3.59. The zero-order valence-electron chi connectivity index (χ0n) is 16.6. The standard InChI is InChI=1S/C20H24OSi.C4H6O/c1-5-6-17-21-22(20(2,3)4,18-13-9-7-10-14-18)19-15-11-8-12-16-19;1-2-3-4-5/h1,7-16H,6,17H2,2-4H3;1,5H,3-4H2. The first-order valence-electron chi connectivity index (χ1n) is 9.16. The minimum atomic E-state index is -2.38. The summed E-state index contributed by atoms with van der Waals surface area (Å²) in [5, 5.41) is 10.5. The minimum absolute atomic E-state index is 0.0182. The van der Waals surface area contributed by atoms with E-state index >= 15 is 0 Å². The van der Waals surface area contributed by atoms with Gasteiger partial charge in [-0.1, -0.05) is 81.4 Å². The lowest BCUT2D eigenvalue weighted by Gasteiger charge is -2.43. The molecule has 3 heteroatoms. The number of aliphatic hydroxyl groups is 1. The van der Waals surface area contributed by atoms with Crippen LogP contribution in [0.3, 0.4) is 0 Å². The zero-order chi connectivity index (χ0) is 20.2. The maximum Gasteiger partial charge on any atom is 0.261 e. The van der Waals surface area contributed by atoms with Crippen LogP contribution in [0.4, 0.5) is 0 Å². The number of terminal acetylenes is 2. The Kier molecular flexibility index (Phi) is 9.62. The van der Waals surface area contributed by atoms with Gasteiger partial charge >= 0.3 is 0 Å². The van der Waals surface area contributed by atoms with Crippen LogP contribution in [-0.2, 0) is 4.43 Å². The molecule has 2 rings (SSSR count). The Hall–Kier alpha value is -2.30. The molecular formula is C24H30O2Si. The van der Waals surface area contributed by atoms with Gasteiger partial charge in [-0.2, -0.15) is 0 Å². The molecule has 0 aromatic heterocycles. The normalized spacial score (nSPS) is 10.9. The Morgan fingerprint density at radius 2 is 1.30 bits per heavy atom. The SMILES string of the molecule is C#CCCO.C#CCCO[Si](c1ccccc1)(c1ccccc1)C(C)(C)C. The second-order valence-electron chi connectivity index (χ2n) is 7.14. The van der Waals surface area contributed by atoms with E-state index in [1.165, 1.54) is 10.4 Å². The molecule has 0 spiro atoms. The molecule has 0 saturated carbocycles. The molecule has 0 bridgehead atoms. The van der Waals surface area contributed by atoms with E-state index in [1.807, 2.05) is 0 Å². The lowest BCUT2D eigenvalue weighted by Crippen LogP contribution is -2.66. The second kappa shape index (κ2) is 11.4. The van der Waals surface area contributed by atoms with Crippen molar-refractivity contribution in [2.45, 2.75) is 38.7 Å². The van der Waals surface area contributed by atoms with Crippen molar-refractivity contribution < 1.29 is 9.53 Å². The molecule has 0 aliphatic carbocycles. The van der Waals surface area contributed by atoms with E-state index in [2.05, 4.69) is 93.3 Å². The number of benzene rings is 2. The van der Waals surface area contributed by atoms with Crippen molar-refractivity contribution in [2.24, 2.45) is 0 Å². The lowest BCUT2D eigenvalue weighted by atomic mass is 10.2. The average Bonchev–Trinajstić information content (AvgIpc) is 2.67. The van der Waals surface area contributed by atoms with Crippen LogP contribution in [0, 0.1) is 24.7 Å². The van der Waals surface area contributed by atoms with Crippen molar-refractivity contribution in [3.63, 3.8) is 0 Å². The van der Waals surface area contributed by atoms with Crippen LogP contribution in [0.15, 0.2) is 60.7 Å². The Morgan fingerprint density at radius 1 is 0.852 bits per heavy atom. The molecule has 0 amide bonds. The first-order chi connectivity index (χ1) is 12.9. The number of rotatable bonds is 6. The summed E-state index contributed by atoms with van der Waals surface area (Å²) in [6.07, 6.45) is 11.3. The van der Waals surface area contributed by atoms with Crippen molar-refractivity contribution in [2.75, 3.05) is 13.2 Å². The predicted molar refractivity (Wildman–Crippen MR) is 118 cm³/mol. The van der Waals surface area contributed by atoms with E-state index in [9.17, 15) is 0 Å². The molecule has 2 aromatic rings. The topological polar surface area (TPSA) is 29.5 Å². The zero-order valence-corrected chi connectivity index (χ0v) is 17.6. The van der Waals surface area contributed by atoms with Crippen molar-refractivity contribution >= 4 is 18.7 Å². The van der Waals surface area contributed by atoms with Crippen molar-refractivity contribution in [1.29, 1.82) is 0 Å². The van der Waals surface area contributed by atoms with E-state index in [-0.39, 0.29) is 11.6 Å². The fourth-order valence-corrected chi connectivity index (χ4v) is 7.65. The van der Waals surface area contributed by atoms with E-state index in [0.717, 1.165) is 0 Å². The molecule has 1 N–H and O–H groups in total. The average molecular weight is 379 g/mol. The third kappa shape index (κ3) is 6.12. The molecule has 0 aliphatic heterocycles. The van der Waals surface area contributed by atoms with Gasteiger partial charge in [-0.25, -0.2) is 0 Å². The summed E-state index contributed by atoms with van der Waals surface area (Å²) in [5.74, 6) is 4.96. The highest BCUT2D eigenvalue weighted by atomic mass is 28.4. The van der Waals surface area contributed by atoms with Crippen LogP contribution >= 0.6 is 0 Å². The van der Waals surface area contributed by atoms with Gasteiger partial charge in [0.2, 0.25) is 0 Å². The molecule has 0 aliphatic rings. The van der Waals surface area contributed by atoms with Crippen molar-refractivity contribution in [3.8, 4) is 24.7 Å². The van der Waals surface area contributed by atoms with Gasteiger partial charge in [0.1, 0.15) is 0 Å². The summed E-state index contributed by atoms with van der Waals surface area (Å²) in [6.45, 7) is 7.53. The molecule has 0 heterocycles. The summed E-state index contributed by atoms with van der Waals surface area (Å²) in [6, 6.07) is 21.3. The van der Waals surface area contributed by atoms with E-state index < -0.39 is 8.32 Å². The van der Waals surface area contributed by atoms with Gasteiger partial charge in [0.05, 0.1) is 6.61 Å². The fourth-order valence-electron chi connectivity index (χ4n) is 3.09. The summed E-state index contributed by atoms with van der Waals surface area (Å²) >= 11 is 0. The van der Waals surface area contributed by atoms with Crippen LogP contribution in [0.5, 0.6) is 0 Å². The third-order valence-corrected chi connectivity index (χ3v) is 9.28. The number of hydrogen-bond donors (Lipinski definition) is 1. The Balaban J connectivity index is 0.000000646. The number of hydrogen-bond acceptors (Lipinski definition) is 2. The van der Waals surface area contributed by atoms with Crippen LogP contribution in [0.1, 0.15) is 33.6 Å². The summed E-state index contributed by atoms with van der Waals surface area (Å²) in [5.41, 5.74) is 0. The summed E-state index contributed by atoms with van der Waals surface area (Å²) in [4.78, 5) is 0. The lowest BCUT2D eigenvalue weighted by molar-refractivity contribution is 0.305. The Morgan fingerprint density at radius 3 is 1.59 bits per heavy atom. The molecule has 2 aromatic carbocycles. The molecule has 0 saturated heterocycles. The Bertz CT molecular complexity index is 694. The molecule has 0 atom stereocenters. The van der Waals surface area contributed by atoms with Gasteiger partial charge < -0.3 is 9.53 Å². The highest BCUT2D eigenvalue weighted by Gasteiger charge is 2.49. The van der Waals surface area contributed by atoms with E-state index in [4.69, 9.17) is 22.4 Å². The fraction of sp³-hybridized carbons (Fsp3) is 0.333. The van der Waals surface area contributed by atoms with Gasteiger partial charge in [0.15, 0.2) is 0 Å². The van der Waals surface area contributed by atoms with Gasteiger partial charge in [0, 0.05) is 19.4 Å². The van der Waals surface area contributed by atoms with Gasteiger partial charge in [0.25, 0.3) is 8.32 Å². The van der Waals surface area contributed by atoms with Crippen molar-refractivity contribution in [1.82, 2.24) is 0 Å². The molecule has 0 unspecified atom stereocenters. The molecule has 0 fully saturated rings. The van der Waals surface area contributed by atoms with Crippen LogP contribution in [0.2, 0.25) is 5.04 Å². The van der Waals surface area contributed by atoms with E-state index in [0.29, 0.717) is 19.4 Å². The van der Waals surface area contributed by atoms with Crippen LogP contribution in [0.25, 0.3) is 0 Å². The second-order valence-corrected chi connectivity index (χ2v) is 11.4. The smallest absolute Gasteiger partial charge is 0.261 e. The van der Waals surface area contributed by atoms with Crippen molar-refractivity contribution in [3.05, 3.63) is 60.7 Å². The van der Waals surface area contributed by atoms with Gasteiger partial charge in [-0.15, -0.1) is 24.7 Å². The minimum Gasteiger partial charge on any atom is -0.406 e. The number of aliphatic hydroxyl groups excluding tert-OH is 1. The van der Waals surface area contributed by atoms with Crippen LogP contribution < -0.4 is 10.4 Å². The van der Waals surface area contributed by atoms with Crippen LogP contribution in [-0.4, -0.2) is 26.6 Å². The molecule has 27 heavy (non-hydrogen) atoms.